The summed E-state index contributed by atoms with van der Waals surface area (Å²) in [7, 11) is 3.04. The molecule has 0 N–H and O–H groups in total. The zero-order chi connectivity index (χ0) is 15.2. The Hall–Kier alpha value is -1.05. The van der Waals surface area contributed by atoms with Crippen LogP contribution >= 0.6 is 39.0 Å². The SMILES string of the molecule is COC(=O)CSCc1csc(-c2cc(Br)ccc2OC)n1. The van der Waals surface area contributed by atoms with Crippen LogP contribution in [0.3, 0.4) is 0 Å². The van der Waals surface area contributed by atoms with E-state index in [0.717, 1.165) is 26.5 Å². The Morgan fingerprint density at radius 2 is 2.24 bits per heavy atom. The molecule has 0 aliphatic rings. The zero-order valence-electron chi connectivity index (χ0n) is 11.6. The Morgan fingerprint density at radius 1 is 1.43 bits per heavy atom. The third-order valence-electron chi connectivity index (χ3n) is 2.64. The summed E-state index contributed by atoms with van der Waals surface area (Å²) in [4.78, 5) is 15.7. The quantitative estimate of drug-likeness (QED) is 0.701. The van der Waals surface area contributed by atoms with E-state index >= 15 is 0 Å². The number of rotatable bonds is 6. The van der Waals surface area contributed by atoms with E-state index < -0.39 is 0 Å². The lowest BCUT2D eigenvalue weighted by Crippen LogP contribution is -2.03. The minimum absolute atomic E-state index is 0.218. The van der Waals surface area contributed by atoms with E-state index in [1.165, 1.54) is 18.9 Å². The number of carbonyl (C=O) groups excluding carboxylic acids is 1. The Morgan fingerprint density at radius 3 is 2.95 bits per heavy atom. The van der Waals surface area contributed by atoms with Gasteiger partial charge < -0.3 is 9.47 Å². The van der Waals surface area contributed by atoms with Gasteiger partial charge in [0.25, 0.3) is 0 Å². The molecule has 0 spiro atoms. The summed E-state index contributed by atoms with van der Waals surface area (Å²) in [6.45, 7) is 0. The summed E-state index contributed by atoms with van der Waals surface area (Å²) in [6, 6.07) is 5.83. The lowest BCUT2D eigenvalue weighted by Gasteiger charge is -2.06. The summed E-state index contributed by atoms with van der Waals surface area (Å²) in [5, 5.41) is 2.90. The second-order valence-corrected chi connectivity index (χ2v) is 6.82. The molecule has 0 radical (unpaired) electrons. The lowest BCUT2D eigenvalue weighted by molar-refractivity contribution is -0.137. The van der Waals surface area contributed by atoms with Crippen LogP contribution < -0.4 is 4.74 Å². The van der Waals surface area contributed by atoms with Gasteiger partial charge in [0.15, 0.2) is 0 Å². The van der Waals surface area contributed by atoms with Crippen LogP contribution in [0.2, 0.25) is 0 Å². The van der Waals surface area contributed by atoms with E-state index in [4.69, 9.17) is 4.74 Å². The fourth-order valence-electron chi connectivity index (χ4n) is 1.64. The van der Waals surface area contributed by atoms with Gasteiger partial charge in [-0.2, -0.15) is 0 Å². The molecule has 0 saturated carbocycles. The third-order valence-corrected chi connectivity index (χ3v) is 5.00. The summed E-state index contributed by atoms with van der Waals surface area (Å²) >= 11 is 6.51. The number of esters is 1. The first-order valence-electron chi connectivity index (χ1n) is 6.07. The van der Waals surface area contributed by atoms with E-state index in [0.29, 0.717) is 11.5 Å². The first-order valence-corrected chi connectivity index (χ1v) is 8.89. The highest BCUT2D eigenvalue weighted by atomic mass is 79.9. The number of nitrogens with zero attached hydrogens (tertiary/aromatic N) is 1. The largest absolute Gasteiger partial charge is 0.496 e. The molecule has 0 unspecified atom stereocenters. The molecule has 1 heterocycles. The molecule has 0 saturated heterocycles. The molecular formula is C14H14BrNO3S2. The fourth-order valence-corrected chi connectivity index (χ4v) is 3.69. The highest BCUT2D eigenvalue weighted by molar-refractivity contribution is 9.10. The Balaban J connectivity index is 2.09. The average Bonchev–Trinajstić information content (AvgIpc) is 2.95. The molecule has 0 bridgehead atoms. The predicted molar refractivity (Wildman–Crippen MR) is 90.0 cm³/mol. The van der Waals surface area contributed by atoms with Crippen molar-refractivity contribution >= 4 is 45.0 Å². The van der Waals surface area contributed by atoms with Gasteiger partial charge in [0.05, 0.1) is 31.2 Å². The maximum Gasteiger partial charge on any atom is 0.315 e. The van der Waals surface area contributed by atoms with Gasteiger partial charge in [0.2, 0.25) is 0 Å². The molecule has 1 aromatic heterocycles. The number of carbonyl (C=O) groups is 1. The van der Waals surface area contributed by atoms with Crippen molar-refractivity contribution in [1.82, 2.24) is 4.98 Å². The highest BCUT2D eigenvalue weighted by Crippen LogP contribution is 2.34. The van der Waals surface area contributed by atoms with E-state index in [2.05, 4.69) is 25.7 Å². The maximum absolute atomic E-state index is 11.1. The molecule has 0 amide bonds. The Labute approximate surface area is 140 Å². The normalized spacial score (nSPS) is 10.4. The number of methoxy groups -OCH3 is 2. The van der Waals surface area contributed by atoms with Crippen LogP contribution in [0.15, 0.2) is 28.1 Å². The molecule has 0 fully saturated rings. The van der Waals surface area contributed by atoms with Gasteiger partial charge in [-0.05, 0) is 18.2 Å². The number of hydrogen-bond acceptors (Lipinski definition) is 6. The number of halogens is 1. The second-order valence-electron chi connectivity index (χ2n) is 4.06. The van der Waals surface area contributed by atoms with Gasteiger partial charge in [0, 0.05) is 15.6 Å². The summed E-state index contributed by atoms with van der Waals surface area (Å²) in [5.41, 5.74) is 1.91. The van der Waals surface area contributed by atoms with E-state index in [1.807, 2.05) is 23.6 Å². The molecule has 21 heavy (non-hydrogen) atoms. The maximum atomic E-state index is 11.1. The monoisotopic (exact) mass is 387 g/mol. The summed E-state index contributed by atoms with van der Waals surface area (Å²) in [6.07, 6.45) is 0. The van der Waals surface area contributed by atoms with Crippen LogP contribution in [0.1, 0.15) is 5.69 Å². The van der Waals surface area contributed by atoms with E-state index in [-0.39, 0.29) is 5.97 Å². The molecule has 2 rings (SSSR count). The van der Waals surface area contributed by atoms with Crippen molar-refractivity contribution in [2.45, 2.75) is 5.75 Å². The minimum Gasteiger partial charge on any atom is -0.496 e. The summed E-state index contributed by atoms with van der Waals surface area (Å²) in [5.74, 6) is 1.59. The number of aromatic nitrogens is 1. The van der Waals surface area contributed by atoms with Gasteiger partial charge >= 0.3 is 5.97 Å². The van der Waals surface area contributed by atoms with Gasteiger partial charge in [-0.1, -0.05) is 15.9 Å². The van der Waals surface area contributed by atoms with Crippen LogP contribution in [-0.4, -0.2) is 30.9 Å². The fraction of sp³-hybridized carbons (Fsp3) is 0.286. The molecule has 7 heteroatoms. The molecular weight excluding hydrogens is 374 g/mol. The topological polar surface area (TPSA) is 48.4 Å². The lowest BCUT2D eigenvalue weighted by atomic mass is 10.2. The van der Waals surface area contributed by atoms with Crippen LogP contribution in [0.5, 0.6) is 5.75 Å². The van der Waals surface area contributed by atoms with Crippen molar-refractivity contribution in [1.29, 1.82) is 0 Å². The van der Waals surface area contributed by atoms with Crippen molar-refractivity contribution in [3.05, 3.63) is 33.7 Å². The molecule has 0 aliphatic heterocycles. The van der Waals surface area contributed by atoms with Crippen LogP contribution in [0.25, 0.3) is 10.6 Å². The van der Waals surface area contributed by atoms with Crippen molar-refractivity contribution in [2.24, 2.45) is 0 Å². The molecule has 4 nitrogen and oxygen atoms in total. The van der Waals surface area contributed by atoms with Gasteiger partial charge in [-0.25, -0.2) is 4.98 Å². The Kier molecular flexibility index (Phi) is 6.08. The predicted octanol–water partition coefficient (Wildman–Crippen LogP) is 3.99. The Bertz CT molecular complexity index is 630. The number of thiazole rings is 1. The van der Waals surface area contributed by atoms with E-state index in [9.17, 15) is 4.79 Å². The molecule has 1 aromatic carbocycles. The van der Waals surface area contributed by atoms with Gasteiger partial charge in [-0.3, -0.25) is 4.79 Å². The first kappa shape index (κ1) is 16.3. The van der Waals surface area contributed by atoms with Crippen molar-refractivity contribution in [2.75, 3.05) is 20.0 Å². The van der Waals surface area contributed by atoms with Crippen LogP contribution in [-0.2, 0) is 15.3 Å². The third kappa shape index (κ3) is 4.46. The number of hydrogen-bond donors (Lipinski definition) is 0. The number of thioether (sulfide) groups is 1. The molecule has 0 aliphatic carbocycles. The van der Waals surface area contributed by atoms with Crippen molar-refractivity contribution in [3.63, 3.8) is 0 Å². The average molecular weight is 388 g/mol. The summed E-state index contributed by atoms with van der Waals surface area (Å²) < 4.78 is 11.0. The van der Waals surface area contributed by atoms with Crippen molar-refractivity contribution in [3.8, 4) is 16.3 Å². The number of benzene rings is 1. The number of ether oxygens (including phenoxy) is 2. The molecule has 0 atom stereocenters. The molecule has 112 valence electrons. The minimum atomic E-state index is -0.218. The van der Waals surface area contributed by atoms with Crippen LogP contribution in [0, 0.1) is 0 Å². The zero-order valence-corrected chi connectivity index (χ0v) is 14.8. The second kappa shape index (κ2) is 7.82. The van der Waals surface area contributed by atoms with Crippen molar-refractivity contribution < 1.29 is 14.3 Å². The first-order chi connectivity index (χ1) is 10.1. The smallest absolute Gasteiger partial charge is 0.315 e. The van der Waals surface area contributed by atoms with E-state index in [1.54, 1.807) is 18.4 Å². The van der Waals surface area contributed by atoms with Gasteiger partial charge in [0.1, 0.15) is 10.8 Å². The highest BCUT2D eigenvalue weighted by Gasteiger charge is 2.11. The molecule has 2 aromatic rings. The van der Waals surface area contributed by atoms with Gasteiger partial charge in [-0.15, -0.1) is 23.1 Å². The standard InChI is InChI=1S/C14H14BrNO3S2/c1-18-12-4-3-9(15)5-11(12)14-16-10(7-21-14)6-20-8-13(17)19-2/h3-5,7H,6,8H2,1-2H3. The van der Waals surface area contributed by atoms with Crippen LogP contribution in [0.4, 0.5) is 0 Å².